The largest absolute Gasteiger partial charge is 0.387 e. The maximum Gasteiger partial charge on any atom is 0.0569 e. The standard InChI is InChI=1S/C46H38N6/c1-46(35-8-12-37(13-9-35)52-44-18-24-49-29-40(44)41-30-50-25-19-45(41)52)20-14-32(15-21-46)26-31-2-4-33(5-3-31)34-6-10-36(11-7-34)51-42-16-22-47-27-38(42)39-28-48-23-17-43(39)51/h2-18,20,22-24,27,29-30,48H,19,21,25-26,28H2,1H3. The number of nitrogens with one attached hydrogen (secondary N) is 1. The molecule has 0 bridgehead atoms. The molecule has 2 aliphatic heterocycles. The third kappa shape index (κ3) is 5.05. The van der Waals surface area contributed by atoms with Crippen LogP contribution in [0.2, 0.25) is 0 Å². The van der Waals surface area contributed by atoms with Crippen molar-refractivity contribution in [2.45, 2.75) is 38.1 Å². The Hall–Kier alpha value is -6.27. The molecule has 1 N–H and O–H groups in total. The summed E-state index contributed by atoms with van der Waals surface area (Å²) >= 11 is 0. The van der Waals surface area contributed by atoms with Gasteiger partial charge in [0.25, 0.3) is 0 Å². The molecule has 0 saturated carbocycles. The zero-order valence-corrected chi connectivity index (χ0v) is 29.1. The van der Waals surface area contributed by atoms with Gasteiger partial charge in [0.05, 0.1) is 16.7 Å². The fraction of sp³-hybridized carbons (Fsp3) is 0.152. The van der Waals surface area contributed by atoms with Crippen molar-refractivity contribution in [3.63, 3.8) is 0 Å². The van der Waals surface area contributed by atoms with Crippen LogP contribution in [0.3, 0.4) is 0 Å². The van der Waals surface area contributed by atoms with Crippen molar-refractivity contribution in [1.29, 1.82) is 0 Å². The van der Waals surface area contributed by atoms with Crippen molar-refractivity contribution in [2.75, 3.05) is 6.54 Å². The molecule has 3 aromatic carbocycles. The van der Waals surface area contributed by atoms with Crippen molar-refractivity contribution in [2.24, 2.45) is 4.99 Å². The van der Waals surface area contributed by atoms with E-state index in [2.05, 4.69) is 146 Å². The second-order valence-electron chi connectivity index (χ2n) is 14.4. The number of hydrogen-bond donors (Lipinski definition) is 1. The Balaban J connectivity index is 0.832. The number of fused-ring (bicyclic) bond motifs is 6. The summed E-state index contributed by atoms with van der Waals surface area (Å²) in [6, 6.07) is 31.4. The van der Waals surface area contributed by atoms with Gasteiger partial charge in [-0.15, -0.1) is 0 Å². The monoisotopic (exact) mass is 674 g/mol. The fourth-order valence-electron chi connectivity index (χ4n) is 8.34. The molecule has 4 aromatic heterocycles. The van der Waals surface area contributed by atoms with Crippen LogP contribution < -0.4 is 5.32 Å². The van der Waals surface area contributed by atoms with Crippen LogP contribution in [0.25, 0.3) is 50.4 Å². The van der Waals surface area contributed by atoms with E-state index in [1.165, 1.54) is 77.8 Å². The van der Waals surface area contributed by atoms with Crippen LogP contribution in [0, 0.1) is 0 Å². The fourth-order valence-corrected chi connectivity index (χ4v) is 8.34. The normalized spacial score (nSPS) is 17.6. The smallest absolute Gasteiger partial charge is 0.0569 e. The molecule has 7 aromatic rings. The second kappa shape index (κ2) is 12.2. The number of benzene rings is 3. The van der Waals surface area contributed by atoms with Gasteiger partial charge in [0.1, 0.15) is 0 Å². The SMILES string of the molecule is CC1(c2ccc(-n3c4c(c5cnccc53)C=NCC4)cc2)C=CC(Cc2ccc(-c3ccc(-n4c5c(c6cnccc64)CNC=C5)cc3)cc2)=CC1. The van der Waals surface area contributed by atoms with Crippen LogP contribution in [0.1, 0.15) is 47.0 Å². The van der Waals surface area contributed by atoms with E-state index in [1.54, 1.807) is 0 Å². The van der Waals surface area contributed by atoms with Crippen LogP contribution >= 0.6 is 0 Å². The first kappa shape index (κ1) is 30.5. The molecule has 6 heterocycles. The van der Waals surface area contributed by atoms with Crippen LogP contribution in [0.5, 0.6) is 0 Å². The molecule has 0 saturated heterocycles. The van der Waals surface area contributed by atoms with Crippen LogP contribution in [-0.2, 0) is 24.8 Å². The zero-order chi connectivity index (χ0) is 34.6. The third-order valence-electron chi connectivity index (χ3n) is 11.2. The number of aliphatic imine (C=N–C) groups is 1. The lowest BCUT2D eigenvalue weighted by Gasteiger charge is -2.29. The molecule has 1 aliphatic carbocycles. The summed E-state index contributed by atoms with van der Waals surface area (Å²) in [5, 5.41) is 5.72. The second-order valence-corrected chi connectivity index (χ2v) is 14.4. The van der Waals surface area contributed by atoms with Crippen molar-refractivity contribution < 1.29 is 0 Å². The van der Waals surface area contributed by atoms with Crippen molar-refractivity contribution in [3.8, 4) is 22.5 Å². The minimum Gasteiger partial charge on any atom is -0.387 e. The van der Waals surface area contributed by atoms with Crippen molar-refractivity contribution in [1.82, 2.24) is 24.4 Å². The molecule has 1 atom stereocenters. The number of aromatic nitrogens is 4. The summed E-state index contributed by atoms with van der Waals surface area (Å²) in [5.41, 5.74) is 16.2. The molecule has 0 spiro atoms. The van der Waals surface area contributed by atoms with Crippen molar-refractivity contribution >= 4 is 34.1 Å². The molecule has 6 nitrogen and oxygen atoms in total. The van der Waals surface area contributed by atoms with Gasteiger partial charge in [0.15, 0.2) is 0 Å². The third-order valence-corrected chi connectivity index (χ3v) is 11.2. The Kier molecular flexibility index (Phi) is 7.17. The van der Waals surface area contributed by atoms with Gasteiger partial charge >= 0.3 is 0 Å². The molecule has 52 heavy (non-hydrogen) atoms. The predicted octanol–water partition coefficient (Wildman–Crippen LogP) is 9.47. The number of hydrogen-bond acceptors (Lipinski definition) is 4. The lowest BCUT2D eigenvalue weighted by atomic mass is 9.75. The lowest BCUT2D eigenvalue weighted by molar-refractivity contribution is 0.595. The molecule has 0 fully saturated rings. The lowest BCUT2D eigenvalue weighted by Crippen LogP contribution is -2.20. The molecule has 3 aliphatic rings. The Bertz CT molecular complexity index is 2610. The van der Waals surface area contributed by atoms with Crippen LogP contribution in [-0.4, -0.2) is 31.9 Å². The van der Waals surface area contributed by atoms with Crippen LogP contribution in [0.4, 0.5) is 0 Å². The first-order valence-corrected chi connectivity index (χ1v) is 18.2. The number of rotatable bonds is 6. The molecule has 252 valence electrons. The van der Waals surface area contributed by atoms with Gasteiger partial charge in [-0.1, -0.05) is 73.7 Å². The van der Waals surface area contributed by atoms with Gasteiger partial charge in [-0.3, -0.25) is 15.0 Å². The highest BCUT2D eigenvalue weighted by Gasteiger charge is 2.26. The van der Waals surface area contributed by atoms with Gasteiger partial charge in [0, 0.05) is 94.9 Å². The highest BCUT2D eigenvalue weighted by Crippen LogP contribution is 2.37. The molecule has 10 rings (SSSR count). The molecule has 0 radical (unpaired) electrons. The molecular formula is C46H38N6. The molecule has 1 unspecified atom stereocenters. The maximum atomic E-state index is 4.55. The first-order chi connectivity index (χ1) is 25.6. The van der Waals surface area contributed by atoms with Gasteiger partial charge in [-0.2, -0.15) is 0 Å². The van der Waals surface area contributed by atoms with E-state index in [0.717, 1.165) is 38.0 Å². The topological polar surface area (TPSA) is 60.0 Å². The van der Waals surface area contributed by atoms with E-state index in [1.807, 2.05) is 37.2 Å². The van der Waals surface area contributed by atoms with Crippen LogP contribution in [0.15, 0.2) is 145 Å². The maximum absolute atomic E-state index is 4.55. The number of pyridine rings is 2. The average Bonchev–Trinajstić information content (AvgIpc) is 3.73. The quantitative estimate of drug-likeness (QED) is 0.191. The van der Waals surface area contributed by atoms with Gasteiger partial charge in [-0.05, 0) is 89.3 Å². The highest BCUT2D eigenvalue weighted by molar-refractivity contribution is 6.02. The zero-order valence-electron chi connectivity index (χ0n) is 29.1. The highest BCUT2D eigenvalue weighted by atomic mass is 15.0. The summed E-state index contributed by atoms with van der Waals surface area (Å²) in [7, 11) is 0. The van der Waals surface area contributed by atoms with Gasteiger partial charge in [-0.25, -0.2) is 0 Å². The summed E-state index contributed by atoms with van der Waals surface area (Å²) in [5.74, 6) is 0. The summed E-state index contributed by atoms with van der Waals surface area (Å²) in [6.45, 7) is 3.99. The van der Waals surface area contributed by atoms with E-state index < -0.39 is 0 Å². The average molecular weight is 675 g/mol. The van der Waals surface area contributed by atoms with E-state index in [0.29, 0.717) is 0 Å². The number of allylic oxidation sites excluding steroid dienone is 4. The Morgan fingerprint density at radius 1 is 0.750 bits per heavy atom. The summed E-state index contributed by atoms with van der Waals surface area (Å²) in [4.78, 5) is 13.3. The molecule has 0 amide bonds. The van der Waals surface area contributed by atoms with E-state index in [4.69, 9.17) is 0 Å². The van der Waals surface area contributed by atoms with Crippen molar-refractivity contribution in [3.05, 3.63) is 173 Å². The minimum atomic E-state index is -0.0386. The predicted molar refractivity (Wildman–Crippen MR) is 213 cm³/mol. The van der Waals surface area contributed by atoms with E-state index in [9.17, 15) is 0 Å². The molecular weight excluding hydrogens is 637 g/mol. The van der Waals surface area contributed by atoms with E-state index >= 15 is 0 Å². The molecule has 6 heteroatoms. The summed E-state index contributed by atoms with van der Waals surface area (Å²) in [6.07, 6.45) is 23.9. The van der Waals surface area contributed by atoms with Gasteiger partial charge < -0.3 is 14.5 Å². The Morgan fingerprint density at radius 2 is 1.44 bits per heavy atom. The number of nitrogens with zero attached hydrogens (tertiary/aromatic N) is 5. The van der Waals surface area contributed by atoms with E-state index in [-0.39, 0.29) is 5.41 Å². The summed E-state index contributed by atoms with van der Waals surface area (Å²) < 4.78 is 4.73. The Labute approximate surface area is 303 Å². The first-order valence-electron chi connectivity index (χ1n) is 18.2. The van der Waals surface area contributed by atoms with Gasteiger partial charge in [0.2, 0.25) is 0 Å². The Morgan fingerprint density at radius 3 is 2.19 bits per heavy atom. The minimum absolute atomic E-state index is 0.0386.